The zero-order valence-corrected chi connectivity index (χ0v) is 18.8. The van der Waals surface area contributed by atoms with Crippen LogP contribution in [0.3, 0.4) is 0 Å². The van der Waals surface area contributed by atoms with E-state index >= 15 is 0 Å². The molecular weight excluding hydrogens is 446 g/mol. The summed E-state index contributed by atoms with van der Waals surface area (Å²) in [6.45, 7) is 1.28. The smallest absolute Gasteiger partial charge is 0.235 e. The van der Waals surface area contributed by atoms with E-state index in [9.17, 15) is 39.0 Å². The number of rotatable bonds is 3. The molecule has 3 aliphatic rings. The van der Waals surface area contributed by atoms with Crippen LogP contribution in [0.25, 0.3) is 0 Å². The Morgan fingerprint density at radius 3 is 2.29 bits per heavy atom. The lowest BCUT2D eigenvalue weighted by molar-refractivity contribution is -0.181. The summed E-state index contributed by atoms with van der Waals surface area (Å²) in [5.41, 5.74) is 8.09. The number of phenols is 1. The van der Waals surface area contributed by atoms with E-state index in [1.54, 1.807) is 0 Å². The van der Waals surface area contributed by atoms with Crippen molar-refractivity contribution in [2.45, 2.75) is 31.4 Å². The van der Waals surface area contributed by atoms with Gasteiger partial charge >= 0.3 is 0 Å². The Morgan fingerprint density at radius 1 is 1.15 bits per heavy atom. The molecule has 0 aromatic heterocycles. The van der Waals surface area contributed by atoms with E-state index in [1.807, 2.05) is 0 Å². The number of carbonyl (C=O) groups is 6. The van der Waals surface area contributed by atoms with Crippen molar-refractivity contribution < 1.29 is 39.0 Å². The second kappa shape index (κ2) is 7.54. The minimum absolute atomic E-state index is 0.00852. The van der Waals surface area contributed by atoms with Crippen LogP contribution in [-0.2, 0) is 25.6 Å². The molecule has 1 aromatic rings. The van der Waals surface area contributed by atoms with Crippen molar-refractivity contribution in [3.05, 3.63) is 22.8 Å². The molecule has 2 saturated carbocycles. The van der Waals surface area contributed by atoms with E-state index < -0.39 is 75.9 Å². The highest BCUT2D eigenvalue weighted by atomic mass is 16.3. The van der Waals surface area contributed by atoms with Crippen molar-refractivity contribution in [2.75, 3.05) is 19.8 Å². The summed E-state index contributed by atoms with van der Waals surface area (Å²) in [4.78, 5) is 78.9. The summed E-state index contributed by atoms with van der Waals surface area (Å²) >= 11 is 0. The van der Waals surface area contributed by atoms with Gasteiger partial charge in [0.2, 0.25) is 5.91 Å². The summed E-state index contributed by atoms with van der Waals surface area (Å²) in [6.07, 6.45) is -0.0824. The van der Waals surface area contributed by atoms with Crippen LogP contribution in [0.4, 0.5) is 5.69 Å². The standard InChI is InChI=1S/C23H25N3O8/c1-7(27)9-6-12(24)17(28)14-10(9)4-8-5-11-16(26(2)3)19(30)15(22(25)33)21(32)23(11,34)20(31)13(8)18(14)29/h6,8,11,13,15-16,28,34H,4-5,24H2,1-3H3,(H2,25,33)/t8-,11-,13?,15?,16-,23-/m1/s1. The normalized spacial score (nSPS) is 32.8. The van der Waals surface area contributed by atoms with Crippen LogP contribution in [0.15, 0.2) is 6.07 Å². The fraction of sp³-hybridized carbons (Fsp3) is 0.478. The van der Waals surface area contributed by atoms with E-state index in [-0.39, 0.29) is 35.2 Å². The molecule has 11 nitrogen and oxygen atoms in total. The molecule has 1 amide bonds. The predicted molar refractivity (Wildman–Crippen MR) is 116 cm³/mol. The van der Waals surface area contributed by atoms with E-state index in [4.69, 9.17) is 11.5 Å². The first-order chi connectivity index (χ1) is 15.7. The largest absolute Gasteiger partial charge is 0.505 e. The van der Waals surface area contributed by atoms with E-state index in [0.717, 1.165) is 0 Å². The number of phenolic OH excluding ortho intramolecular Hbond substituents is 1. The zero-order chi connectivity index (χ0) is 25.4. The van der Waals surface area contributed by atoms with Crippen LogP contribution in [0.2, 0.25) is 0 Å². The number of hydrogen-bond acceptors (Lipinski definition) is 10. The number of primary amides is 1. The number of aliphatic hydroxyl groups is 1. The Labute approximate surface area is 194 Å². The fourth-order valence-corrected chi connectivity index (χ4v) is 6.01. The summed E-state index contributed by atoms with van der Waals surface area (Å²) in [5, 5.41) is 22.0. The number of nitrogens with two attached hydrogens (primary N) is 2. The van der Waals surface area contributed by atoms with Crippen LogP contribution in [0.5, 0.6) is 5.75 Å². The third-order valence-electron chi connectivity index (χ3n) is 7.47. The van der Waals surface area contributed by atoms with Crippen molar-refractivity contribution in [2.24, 2.45) is 29.4 Å². The first-order valence-corrected chi connectivity index (χ1v) is 10.7. The van der Waals surface area contributed by atoms with Gasteiger partial charge in [-0.05, 0) is 51.4 Å². The summed E-state index contributed by atoms with van der Waals surface area (Å²) in [6, 6.07) is 0.0763. The SMILES string of the molecule is CC(=O)c1cc(N)c(O)c2c1C[C@@H]1C[C@@H]3[C@@H](N(C)C)C(=O)C(C(N)=O)C(=O)[C@]3(O)C(=O)C1C2=O. The molecule has 180 valence electrons. The average Bonchev–Trinajstić information content (AvgIpc) is 2.72. The molecule has 2 fully saturated rings. The lowest BCUT2D eigenvalue weighted by atomic mass is 9.52. The summed E-state index contributed by atoms with van der Waals surface area (Å²) in [5.74, 6) is -12.0. The van der Waals surface area contributed by atoms with Crippen LogP contribution in [0, 0.1) is 23.7 Å². The molecule has 1 aromatic carbocycles. The fourth-order valence-electron chi connectivity index (χ4n) is 6.01. The minimum atomic E-state index is -2.80. The van der Waals surface area contributed by atoms with Gasteiger partial charge < -0.3 is 21.7 Å². The van der Waals surface area contributed by atoms with Crippen LogP contribution >= 0.6 is 0 Å². The van der Waals surface area contributed by atoms with Crippen LogP contribution < -0.4 is 11.5 Å². The molecule has 6 N–H and O–H groups in total. The molecule has 0 heterocycles. The van der Waals surface area contributed by atoms with Gasteiger partial charge in [-0.15, -0.1) is 0 Å². The van der Waals surface area contributed by atoms with Gasteiger partial charge in [0.15, 0.2) is 40.4 Å². The second-order valence-electron chi connectivity index (χ2n) is 9.56. The van der Waals surface area contributed by atoms with Crippen LogP contribution in [0.1, 0.15) is 39.6 Å². The molecule has 11 heteroatoms. The highest BCUT2D eigenvalue weighted by Gasteiger charge is 2.69. The number of ketones is 5. The zero-order valence-electron chi connectivity index (χ0n) is 18.8. The van der Waals surface area contributed by atoms with Crippen LogP contribution in [-0.4, -0.2) is 75.7 Å². The van der Waals surface area contributed by atoms with Gasteiger partial charge in [0.05, 0.1) is 23.2 Å². The second-order valence-corrected chi connectivity index (χ2v) is 9.56. The van der Waals surface area contributed by atoms with E-state index in [0.29, 0.717) is 0 Å². The molecule has 0 aliphatic heterocycles. The number of carbonyl (C=O) groups excluding carboxylic acids is 6. The Kier molecular flexibility index (Phi) is 5.26. The number of fused-ring (bicyclic) bond motifs is 3. The monoisotopic (exact) mass is 471 g/mol. The Balaban J connectivity index is 1.92. The van der Waals surface area contributed by atoms with E-state index in [1.165, 1.54) is 32.0 Å². The number of Topliss-reactive ketones (excluding diaryl/α,β-unsaturated/α-hetero) is 5. The maximum Gasteiger partial charge on any atom is 0.235 e. The number of nitrogen functional groups attached to an aromatic ring is 1. The number of anilines is 1. The van der Waals surface area contributed by atoms with E-state index in [2.05, 4.69) is 0 Å². The Bertz CT molecular complexity index is 1210. The van der Waals surface area contributed by atoms with Gasteiger partial charge in [-0.3, -0.25) is 33.7 Å². The topological polar surface area (TPSA) is 198 Å². The maximum absolute atomic E-state index is 13.7. The minimum Gasteiger partial charge on any atom is -0.505 e. The molecule has 0 spiro atoms. The van der Waals surface area contributed by atoms with Gasteiger partial charge in [0.25, 0.3) is 0 Å². The molecule has 3 aliphatic carbocycles. The Hall–Kier alpha value is -3.44. The third kappa shape index (κ3) is 2.90. The third-order valence-corrected chi connectivity index (χ3v) is 7.47. The number of benzene rings is 1. The van der Waals surface area contributed by atoms with Crippen molar-refractivity contribution in [3.8, 4) is 5.75 Å². The average molecular weight is 471 g/mol. The van der Waals surface area contributed by atoms with Gasteiger partial charge in [0.1, 0.15) is 5.75 Å². The lowest BCUT2D eigenvalue weighted by Crippen LogP contribution is -2.74. The van der Waals surface area contributed by atoms with Crippen molar-refractivity contribution >= 4 is 40.5 Å². The molecule has 0 saturated heterocycles. The molecular formula is C23H25N3O8. The molecule has 2 unspecified atom stereocenters. The summed E-state index contributed by atoms with van der Waals surface area (Å²) < 4.78 is 0. The quantitative estimate of drug-likeness (QED) is 0.177. The number of hydrogen-bond donors (Lipinski definition) is 4. The summed E-state index contributed by atoms with van der Waals surface area (Å²) in [7, 11) is 3.01. The highest BCUT2D eigenvalue weighted by molar-refractivity contribution is 6.32. The maximum atomic E-state index is 13.7. The molecule has 34 heavy (non-hydrogen) atoms. The predicted octanol–water partition coefficient (Wildman–Crippen LogP) is -1.35. The molecule has 6 atom stereocenters. The van der Waals surface area contributed by atoms with Crippen molar-refractivity contribution in [1.29, 1.82) is 0 Å². The van der Waals surface area contributed by atoms with Gasteiger partial charge in [-0.25, -0.2) is 0 Å². The number of likely N-dealkylation sites (N-methyl/N-ethyl adjacent to an activating group) is 1. The molecule has 0 radical (unpaired) electrons. The van der Waals surface area contributed by atoms with Gasteiger partial charge in [0, 0.05) is 11.5 Å². The number of amides is 1. The first kappa shape index (κ1) is 23.7. The van der Waals surface area contributed by atoms with Crippen molar-refractivity contribution in [3.63, 3.8) is 0 Å². The lowest BCUT2D eigenvalue weighted by Gasteiger charge is -2.52. The first-order valence-electron chi connectivity index (χ1n) is 10.7. The molecule has 0 bridgehead atoms. The number of aromatic hydroxyl groups is 1. The van der Waals surface area contributed by atoms with Gasteiger partial charge in [-0.1, -0.05) is 0 Å². The highest BCUT2D eigenvalue weighted by Crippen LogP contribution is 2.51. The van der Waals surface area contributed by atoms with Crippen molar-refractivity contribution in [1.82, 2.24) is 4.90 Å². The molecule has 4 rings (SSSR count). The Morgan fingerprint density at radius 2 is 1.76 bits per heavy atom. The number of nitrogens with zero attached hydrogens (tertiary/aromatic N) is 1. The van der Waals surface area contributed by atoms with Gasteiger partial charge in [-0.2, -0.15) is 0 Å².